The molecule has 3 atom stereocenters. The van der Waals surface area contributed by atoms with Gasteiger partial charge in [0.1, 0.15) is 11.6 Å². The Morgan fingerprint density at radius 3 is 2.20 bits per heavy atom. The van der Waals surface area contributed by atoms with E-state index in [1.807, 2.05) is 30.3 Å². The molecule has 1 fully saturated rings. The Hall–Kier alpha value is -4.01. The largest absolute Gasteiger partial charge is 0.508 e. The molecule has 8 nitrogen and oxygen atoms in total. The van der Waals surface area contributed by atoms with Gasteiger partial charge in [-0.1, -0.05) is 54.6 Å². The van der Waals surface area contributed by atoms with Gasteiger partial charge in [0, 0.05) is 11.3 Å². The number of amides is 2. The SMILES string of the molecule is O=C1NC(CCCC(O)c2ccc(F)cc2)C(c2ccc(-c3ccc(P(=O)(O)O)cc3)cc2O)N1c1ccccc1. The average Bonchev–Trinajstić information content (AvgIpc) is 3.28. The normalized spacial score (nSPS) is 17.9. The predicted octanol–water partition coefficient (Wildman–Crippen LogP) is 5.54. The van der Waals surface area contributed by atoms with Crippen LogP contribution in [0.2, 0.25) is 0 Å². The van der Waals surface area contributed by atoms with E-state index in [0.29, 0.717) is 47.2 Å². The third-order valence-corrected chi connectivity index (χ3v) is 8.33. The summed E-state index contributed by atoms with van der Waals surface area (Å²) in [5.74, 6) is -0.400. The molecule has 0 saturated carbocycles. The van der Waals surface area contributed by atoms with Crippen LogP contribution in [-0.2, 0) is 4.57 Å². The van der Waals surface area contributed by atoms with Gasteiger partial charge >= 0.3 is 13.6 Å². The molecule has 1 aliphatic heterocycles. The topological polar surface area (TPSA) is 130 Å². The van der Waals surface area contributed by atoms with Gasteiger partial charge in [-0.3, -0.25) is 9.46 Å². The van der Waals surface area contributed by atoms with E-state index in [0.717, 1.165) is 0 Å². The Morgan fingerprint density at radius 2 is 1.56 bits per heavy atom. The van der Waals surface area contributed by atoms with Crippen molar-refractivity contribution in [1.82, 2.24) is 5.32 Å². The highest BCUT2D eigenvalue weighted by Crippen LogP contribution is 2.41. The van der Waals surface area contributed by atoms with Gasteiger partial charge in [0.05, 0.1) is 23.5 Å². The highest BCUT2D eigenvalue weighted by Gasteiger charge is 2.42. The second-order valence-electron chi connectivity index (χ2n) is 10.1. The number of carbonyl (C=O) groups excluding carboxylic acids is 1. The van der Waals surface area contributed by atoms with Crippen LogP contribution in [0.25, 0.3) is 11.1 Å². The molecule has 1 aliphatic rings. The Balaban J connectivity index is 1.40. The van der Waals surface area contributed by atoms with Gasteiger partial charge in [-0.15, -0.1) is 0 Å². The van der Waals surface area contributed by atoms with Crippen LogP contribution < -0.4 is 15.5 Å². The number of hydrogen-bond donors (Lipinski definition) is 5. The highest BCUT2D eigenvalue weighted by atomic mass is 31.2. The number of nitrogens with zero attached hydrogens (tertiary/aromatic N) is 1. The summed E-state index contributed by atoms with van der Waals surface area (Å²) in [5.41, 5.74) is 3.13. The summed E-state index contributed by atoms with van der Waals surface area (Å²) in [6.07, 6.45) is 0.711. The molecule has 41 heavy (non-hydrogen) atoms. The van der Waals surface area contributed by atoms with E-state index < -0.39 is 19.7 Å². The number of benzene rings is 4. The zero-order chi connectivity index (χ0) is 29.1. The van der Waals surface area contributed by atoms with E-state index in [1.54, 1.807) is 47.4 Å². The number of phenolic OH excluding ortho intramolecular Hbond substituents is 1. The van der Waals surface area contributed by atoms with Crippen LogP contribution in [0.4, 0.5) is 14.9 Å². The number of rotatable bonds is 9. The van der Waals surface area contributed by atoms with Crippen molar-refractivity contribution in [3.8, 4) is 16.9 Å². The fourth-order valence-electron chi connectivity index (χ4n) is 5.27. The maximum absolute atomic E-state index is 13.3. The fraction of sp³-hybridized carbons (Fsp3) is 0.194. The van der Waals surface area contributed by atoms with Crippen LogP contribution in [0.3, 0.4) is 0 Å². The van der Waals surface area contributed by atoms with Crippen LogP contribution in [0.5, 0.6) is 5.75 Å². The summed E-state index contributed by atoms with van der Waals surface area (Å²) < 4.78 is 24.8. The molecule has 0 aliphatic carbocycles. The van der Waals surface area contributed by atoms with Crippen LogP contribution in [0.1, 0.15) is 42.5 Å². The molecule has 0 radical (unpaired) electrons. The summed E-state index contributed by atoms with van der Waals surface area (Å²) in [5, 5.41) is 24.7. The van der Waals surface area contributed by atoms with E-state index in [2.05, 4.69) is 5.32 Å². The second kappa shape index (κ2) is 11.8. The average molecular weight is 577 g/mol. The Labute approximate surface area is 236 Å². The van der Waals surface area contributed by atoms with E-state index in [-0.39, 0.29) is 28.9 Å². The van der Waals surface area contributed by atoms with Crippen LogP contribution in [0.15, 0.2) is 97.1 Å². The van der Waals surface area contributed by atoms with Crippen molar-refractivity contribution in [3.05, 3.63) is 114 Å². The lowest BCUT2D eigenvalue weighted by molar-refractivity contribution is 0.162. The lowest BCUT2D eigenvalue weighted by Gasteiger charge is -2.28. The van der Waals surface area contributed by atoms with Crippen LogP contribution in [-0.4, -0.2) is 32.1 Å². The quantitative estimate of drug-likeness (QED) is 0.166. The zero-order valence-electron chi connectivity index (χ0n) is 22.0. The Bertz CT molecular complexity index is 1560. The number of carbonyl (C=O) groups is 1. The molecule has 1 heterocycles. The van der Waals surface area contributed by atoms with Crippen molar-refractivity contribution in [2.75, 3.05) is 4.90 Å². The van der Waals surface area contributed by atoms with Crippen LogP contribution >= 0.6 is 7.60 Å². The van der Waals surface area contributed by atoms with Crippen molar-refractivity contribution < 1.29 is 33.7 Å². The number of para-hydroxylation sites is 1. The van der Waals surface area contributed by atoms with Crippen molar-refractivity contribution in [1.29, 1.82) is 0 Å². The molecule has 0 spiro atoms. The minimum Gasteiger partial charge on any atom is -0.508 e. The molecule has 0 bridgehead atoms. The molecule has 3 unspecified atom stereocenters. The Morgan fingerprint density at radius 1 is 0.902 bits per heavy atom. The molecular formula is C31H30FN2O6P. The number of aromatic hydroxyl groups is 1. The molecule has 0 aromatic heterocycles. The summed E-state index contributed by atoms with van der Waals surface area (Å²) >= 11 is 0. The first-order chi connectivity index (χ1) is 19.6. The monoisotopic (exact) mass is 576 g/mol. The first kappa shape index (κ1) is 28.5. The smallest absolute Gasteiger partial charge is 0.356 e. The number of aliphatic hydroxyl groups excluding tert-OH is 1. The minimum absolute atomic E-state index is 0.0275. The summed E-state index contributed by atoms with van der Waals surface area (Å²) in [6.45, 7) is 0. The predicted molar refractivity (Wildman–Crippen MR) is 154 cm³/mol. The summed E-state index contributed by atoms with van der Waals surface area (Å²) in [7, 11) is -4.37. The number of phenols is 1. The van der Waals surface area contributed by atoms with Gasteiger partial charge in [0.15, 0.2) is 0 Å². The first-order valence-corrected chi connectivity index (χ1v) is 14.8. The first-order valence-electron chi connectivity index (χ1n) is 13.2. The number of anilines is 1. The summed E-state index contributed by atoms with van der Waals surface area (Å²) in [6, 6.07) is 24.6. The highest BCUT2D eigenvalue weighted by molar-refractivity contribution is 7.60. The summed E-state index contributed by atoms with van der Waals surface area (Å²) in [4.78, 5) is 33.6. The number of halogens is 1. The molecule has 212 valence electrons. The van der Waals surface area contributed by atoms with E-state index in [4.69, 9.17) is 0 Å². The van der Waals surface area contributed by atoms with E-state index in [9.17, 15) is 33.7 Å². The Kier molecular flexibility index (Phi) is 8.24. The maximum atomic E-state index is 13.3. The standard InChI is InChI=1S/C31H30FN2O6P/c32-23-14-9-21(10-15-23)28(35)8-4-7-27-30(34(31(37)33-27)24-5-2-1-3-6-24)26-18-13-22(19-29(26)36)20-11-16-25(17-12-20)41(38,39)40/h1-3,5-6,9-19,27-28,30,35-36H,4,7-8H2,(H,33,37)(H2,38,39,40). The lowest BCUT2D eigenvalue weighted by Crippen LogP contribution is -2.29. The molecule has 4 aromatic carbocycles. The zero-order valence-corrected chi connectivity index (χ0v) is 22.9. The maximum Gasteiger partial charge on any atom is 0.356 e. The number of nitrogens with one attached hydrogen (secondary N) is 1. The van der Waals surface area contributed by atoms with Gasteiger partial charge in [0.2, 0.25) is 0 Å². The van der Waals surface area contributed by atoms with E-state index in [1.165, 1.54) is 24.3 Å². The van der Waals surface area contributed by atoms with Gasteiger partial charge in [0.25, 0.3) is 0 Å². The third-order valence-electron chi connectivity index (χ3n) is 7.35. The number of hydrogen-bond acceptors (Lipinski definition) is 4. The van der Waals surface area contributed by atoms with E-state index >= 15 is 0 Å². The van der Waals surface area contributed by atoms with Gasteiger partial charge in [-0.25, -0.2) is 9.18 Å². The van der Waals surface area contributed by atoms with Crippen molar-refractivity contribution in [2.24, 2.45) is 0 Å². The van der Waals surface area contributed by atoms with Crippen molar-refractivity contribution >= 4 is 24.6 Å². The third kappa shape index (κ3) is 6.34. The van der Waals surface area contributed by atoms with Crippen LogP contribution in [0, 0.1) is 5.82 Å². The molecule has 1 saturated heterocycles. The van der Waals surface area contributed by atoms with Crippen molar-refractivity contribution in [3.63, 3.8) is 0 Å². The van der Waals surface area contributed by atoms with Gasteiger partial charge in [-0.2, -0.15) is 0 Å². The van der Waals surface area contributed by atoms with Gasteiger partial charge in [-0.05, 0) is 78.4 Å². The van der Waals surface area contributed by atoms with Crippen molar-refractivity contribution in [2.45, 2.75) is 37.5 Å². The molecule has 4 aromatic rings. The fourth-order valence-corrected chi connectivity index (χ4v) is 5.81. The number of urea groups is 1. The second-order valence-corrected chi connectivity index (χ2v) is 11.7. The lowest BCUT2D eigenvalue weighted by atomic mass is 9.92. The molecule has 2 amide bonds. The van der Waals surface area contributed by atoms with Gasteiger partial charge < -0.3 is 25.3 Å². The number of aliphatic hydroxyl groups is 1. The minimum atomic E-state index is -4.37. The molecule has 5 rings (SSSR count). The molecule has 5 N–H and O–H groups in total. The molecule has 10 heteroatoms. The molecular weight excluding hydrogens is 546 g/mol.